The molecule has 9 rings (SSSR count). The fraction of sp³-hybridized carbons (Fsp3) is 0. The van der Waals surface area contributed by atoms with E-state index >= 15 is 0 Å². The second-order valence-electron chi connectivity index (χ2n) is 10.1. The molecule has 0 saturated heterocycles. The van der Waals surface area contributed by atoms with Crippen molar-refractivity contribution >= 4 is 70.1 Å². The van der Waals surface area contributed by atoms with E-state index < -0.39 is 0 Å². The summed E-state index contributed by atoms with van der Waals surface area (Å²) in [5.74, 6) is 0.564. The number of benzene rings is 5. The second-order valence-corrected chi connectivity index (χ2v) is 11.0. The van der Waals surface area contributed by atoms with Crippen LogP contribution >= 0.6 is 11.3 Å². The predicted octanol–water partition coefficient (Wildman–Crippen LogP) is 7.77. The minimum absolute atomic E-state index is 0.0782. The lowest BCUT2D eigenvalue weighted by Gasteiger charge is -2.12. The third kappa shape index (κ3) is 3.12. The molecule has 192 valence electrons. The van der Waals surface area contributed by atoms with Gasteiger partial charge in [-0.3, -0.25) is 9.36 Å². The Hall–Kier alpha value is -5.40. The molecule has 0 aliphatic heterocycles. The summed E-state index contributed by atoms with van der Waals surface area (Å²) >= 11 is 1.52. The van der Waals surface area contributed by atoms with Gasteiger partial charge >= 0.3 is 0 Å². The molecule has 0 N–H and O–H groups in total. The molecule has 0 bridgehead atoms. The average Bonchev–Trinajstić information content (AvgIpc) is 3.57. The summed E-state index contributed by atoms with van der Waals surface area (Å²) in [6.07, 6.45) is 0. The molecular weight excluding hydrogens is 526 g/mol. The Morgan fingerprint density at radius 1 is 0.561 bits per heavy atom. The molecule has 9 aromatic rings. The quantitative estimate of drug-likeness (QED) is 0.223. The summed E-state index contributed by atoms with van der Waals surface area (Å²) in [4.78, 5) is 29.7. The number of nitrogens with zero attached hydrogens (tertiary/aromatic N) is 5. The van der Waals surface area contributed by atoms with E-state index in [2.05, 4.69) is 41.0 Å². The Labute approximate surface area is 236 Å². The predicted molar refractivity (Wildman–Crippen MR) is 167 cm³/mol. The van der Waals surface area contributed by atoms with Gasteiger partial charge in [0.15, 0.2) is 4.96 Å². The highest BCUT2D eigenvalue weighted by atomic mass is 32.1. The fourth-order valence-corrected chi connectivity index (χ4v) is 7.13. The Balaban J connectivity index is 1.47. The van der Waals surface area contributed by atoms with E-state index in [0.29, 0.717) is 16.3 Å². The highest BCUT2D eigenvalue weighted by molar-refractivity contribution is 7.24. The van der Waals surface area contributed by atoms with E-state index in [9.17, 15) is 4.79 Å². The van der Waals surface area contributed by atoms with Gasteiger partial charge in [-0.05, 0) is 30.3 Å². The number of hydrogen-bond acceptors (Lipinski definition) is 5. The number of hydrogen-bond donors (Lipinski definition) is 0. The molecule has 0 fully saturated rings. The van der Waals surface area contributed by atoms with Crippen LogP contribution in [0.15, 0.2) is 120 Å². The minimum Gasteiger partial charge on any atom is -0.276 e. The maximum Gasteiger partial charge on any atom is 0.266 e. The van der Waals surface area contributed by atoms with Crippen LogP contribution in [-0.4, -0.2) is 23.9 Å². The standard InChI is InChI=1S/C34H19N5OS/c40-32-24-19-18-22-21-12-5-8-16-27(21)38(30(22)31(24)41-34-36-26-15-7-9-17-28(26)39(32)34)33-35-25-14-6-4-13-23(25)29(37-33)20-10-2-1-3-11-20/h1-19H. The average molecular weight is 546 g/mol. The van der Waals surface area contributed by atoms with Crippen molar-refractivity contribution in [3.63, 3.8) is 0 Å². The van der Waals surface area contributed by atoms with E-state index in [1.807, 2.05) is 78.9 Å². The number of imidazole rings is 1. The lowest BCUT2D eigenvalue weighted by Crippen LogP contribution is -2.12. The van der Waals surface area contributed by atoms with Crippen molar-refractivity contribution in [3.05, 3.63) is 126 Å². The summed E-state index contributed by atoms with van der Waals surface area (Å²) < 4.78 is 4.70. The molecule has 0 spiro atoms. The Kier molecular flexibility index (Phi) is 4.54. The first-order chi connectivity index (χ1) is 20.3. The molecule has 0 aliphatic carbocycles. The number of para-hydroxylation sites is 4. The normalized spacial score (nSPS) is 12.0. The van der Waals surface area contributed by atoms with Crippen molar-refractivity contribution in [3.8, 4) is 17.2 Å². The molecule has 4 aromatic heterocycles. The molecule has 7 heteroatoms. The van der Waals surface area contributed by atoms with Crippen molar-refractivity contribution in [1.82, 2.24) is 23.9 Å². The third-order valence-corrected chi connectivity index (χ3v) is 8.86. The lowest BCUT2D eigenvalue weighted by atomic mass is 10.1. The van der Waals surface area contributed by atoms with E-state index in [1.54, 1.807) is 4.40 Å². The van der Waals surface area contributed by atoms with Crippen LogP contribution in [0.25, 0.3) is 76.0 Å². The van der Waals surface area contributed by atoms with Gasteiger partial charge in [-0.25, -0.2) is 19.4 Å². The molecule has 0 saturated carbocycles. The molecule has 0 amide bonds. The topological polar surface area (TPSA) is 65.1 Å². The van der Waals surface area contributed by atoms with E-state index in [4.69, 9.17) is 15.0 Å². The first-order valence-corrected chi connectivity index (χ1v) is 14.2. The van der Waals surface area contributed by atoms with Crippen LogP contribution in [0, 0.1) is 0 Å². The van der Waals surface area contributed by atoms with Crippen LogP contribution in [0.5, 0.6) is 0 Å². The Morgan fingerprint density at radius 2 is 1.24 bits per heavy atom. The second kappa shape index (κ2) is 8.30. The molecule has 5 aromatic carbocycles. The summed E-state index contributed by atoms with van der Waals surface area (Å²) in [6.45, 7) is 0. The van der Waals surface area contributed by atoms with Crippen molar-refractivity contribution in [1.29, 1.82) is 0 Å². The molecule has 0 atom stereocenters. The summed E-state index contributed by atoms with van der Waals surface area (Å²) in [5.41, 5.74) is 6.19. The van der Waals surface area contributed by atoms with Gasteiger partial charge in [0, 0.05) is 21.7 Å². The van der Waals surface area contributed by atoms with Gasteiger partial charge in [0.1, 0.15) is 0 Å². The van der Waals surface area contributed by atoms with Crippen LogP contribution in [0.1, 0.15) is 0 Å². The summed E-state index contributed by atoms with van der Waals surface area (Å²) in [6, 6.07) is 38.4. The zero-order valence-corrected chi connectivity index (χ0v) is 22.3. The van der Waals surface area contributed by atoms with E-state index in [-0.39, 0.29) is 5.56 Å². The minimum atomic E-state index is -0.0782. The lowest BCUT2D eigenvalue weighted by molar-refractivity contribution is 1.02. The van der Waals surface area contributed by atoms with Gasteiger partial charge in [-0.15, -0.1) is 0 Å². The van der Waals surface area contributed by atoms with Crippen molar-refractivity contribution in [2.24, 2.45) is 0 Å². The highest BCUT2D eigenvalue weighted by Crippen LogP contribution is 2.38. The van der Waals surface area contributed by atoms with Gasteiger partial charge < -0.3 is 0 Å². The van der Waals surface area contributed by atoms with Gasteiger partial charge in [0.25, 0.3) is 5.56 Å². The van der Waals surface area contributed by atoms with Crippen molar-refractivity contribution in [2.45, 2.75) is 0 Å². The number of fused-ring (bicyclic) bond motifs is 9. The van der Waals surface area contributed by atoms with E-state index in [1.165, 1.54) is 11.3 Å². The number of aromatic nitrogens is 5. The van der Waals surface area contributed by atoms with Crippen LogP contribution in [0.2, 0.25) is 0 Å². The number of rotatable bonds is 2. The van der Waals surface area contributed by atoms with Crippen LogP contribution in [-0.2, 0) is 0 Å². The first kappa shape index (κ1) is 22.4. The first-order valence-electron chi connectivity index (χ1n) is 13.3. The summed E-state index contributed by atoms with van der Waals surface area (Å²) in [5, 5.41) is 3.76. The fourth-order valence-electron chi connectivity index (χ4n) is 5.97. The van der Waals surface area contributed by atoms with Gasteiger partial charge in [-0.2, -0.15) is 0 Å². The maximum atomic E-state index is 14.0. The Morgan fingerprint density at radius 3 is 2.10 bits per heavy atom. The van der Waals surface area contributed by atoms with Crippen LogP contribution in [0.4, 0.5) is 0 Å². The van der Waals surface area contributed by atoms with Crippen LogP contribution < -0.4 is 5.56 Å². The third-order valence-electron chi connectivity index (χ3n) is 7.79. The van der Waals surface area contributed by atoms with Crippen LogP contribution in [0.3, 0.4) is 0 Å². The summed E-state index contributed by atoms with van der Waals surface area (Å²) in [7, 11) is 0. The van der Waals surface area contributed by atoms with E-state index in [0.717, 1.165) is 59.7 Å². The van der Waals surface area contributed by atoms with Gasteiger partial charge in [0.2, 0.25) is 5.95 Å². The maximum absolute atomic E-state index is 14.0. The van der Waals surface area contributed by atoms with Gasteiger partial charge in [0.05, 0.1) is 43.4 Å². The molecule has 41 heavy (non-hydrogen) atoms. The Bertz CT molecular complexity index is 2560. The molecule has 6 nitrogen and oxygen atoms in total. The molecule has 4 heterocycles. The van der Waals surface area contributed by atoms with Crippen molar-refractivity contribution < 1.29 is 0 Å². The largest absolute Gasteiger partial charge is 0.276 e. The monoisotopic (exact) mass is 545 g/mol. The smallest absolute Gasteiger partial charge is 0.266 e. The van der Waals surface area contributed by atoms with Crippen molar-refractivity contribution in [2.75, 3.05) is 0 Å². The molecule has 0 unspecified atom stereocenters. The highest BCUT2D eigenvalue weighted by Gasteiger charge is 2.21. The molecule has 0 aliphatic rings. The zero-order valence-electron chi connectivity index (χ0n) is 21.5. The zero-order chi connectivity index (χ0) is 27.1. The molecule has 0 radical (unpaired) electrons. The van der Waals surface area contributed by atoms with Gasteiger partial charge in [-0.1, -0.05) is 96.3 Å². The molecular formula is C34H19N5OS. The SMILES string of the molecule is O=c1c2ccc3c4ccccc4n(-c4nc(-c5ccccc5)c5ccccc5n4)c3c2sc2nc3ccccc3n12.